The number of carbonyl (C=O) groups is 2. The molecule has 10 heteroatoms. The van der Waals surface area contributed by atoms with Gasteiger partial charge in [-0.15, -0.1) is 0 Å². The van der Waals surface area contributed by atoms with Crippen molar-refractivity contribution in [2.24, 2.45) is 0 Å². The van der Waals surface area contributed by atoms with Gasteiger partial charge in [0.15, 0.2) is 0 Å². The van der Waals surface area contributed by atoms with Crippen molar-refractivity contribution in [3.05, 3.63) is 89.7 Å². The molecule has 2 heterocycles. The normalized spacial score (nSPS) is 18.3. The van der Waals surface area contributed by atoms with E-state index < -0.39 is 39.4 Å². The van der Waals surface area contributed by atoms with Crippen molar-refractivity contribution in [2.75, 3.05) is 42.5 Å². The van der Waals surface area contributed by atoms with E-state index in [1.165, 1.54) is 17.0 Å². The maximum Gasteiger partial charge on any atom is 0.339 e. The Hall–Kier alpha value is -3.92. The van der Waals surface area contributed by atoms with E-state index in [2.05, 4.69) is 30.0 Å². The Morgan fingerprint density at radius 1 is 0.895 bits per heavy atom. The SMILES string of the molecule is Cc1ccc(C)c(N2CCN(C(=O)[C@@H]3CN(S(=O)(=O)c4ccccc4F)C(=O)N3c3ccccc3)CC2)c1. The number of anilines is 2. The number of para-hydroxylation sites is 1. The van der Waals surface area contributed by atoms with Crippen molar-refractivity contribution in [2.45, 2.75) is 24.8 Å². The molecule has 38 heavy (non-hydrogen) atoms. The summed E-state index contributed by atoms with van der Waals surface area (Å²) in [4.78, 5) is 31.8. The minimum Gasteiger partial charge on any atom is -0.368 e. The summed E-state index contributed by atoms with van der Waals surface area (Å²) in [5.74, 6) is -1.29. The summed E-state index contributed by atoms with van der Waals surface area (Å²) >= 11 is 0. The Morgan fingerprint density at radius 3 is 2.24 bits per heavy atom. The van der Waals surface area contributed by atoms with E-state index in [1.54, 1.807) is 35.2 Å². The lowest BCUT2D eigenvalue weighted by Crippen LogP contribution is -2.55. The molecule has 0 unspecified atom stereocenters. The molecule has 3 amide bonds. The third kappa shape index (κ3) is 4.60. The van der Waals surface area contributed by atoms with Gasteiger partial charge >= 0.3 is 6.03 Å². The van der Waals surface area contributed by atoms with Crippen LogP contribution >= 0.6 is 0 Å². The fourth-order valence-electron chi connectivity index (χ4n) is 5.05. The van der Waals surface area contributed by atoms with Crippen molar-refractivity contribution in [3.8, 4) is 0 Å². The molecule has 8 nitrogen and oxygen atoms in total. The van der Waals surface area contributed by atoms with Gasteiger partial charge in [0, 0.05) is 37.6 Å². The summed E-state index contributed by atoms with van der Waals surface area (Å²) in [7, 11) is -4.52. The van der Waals surface area contributed by atoms with Gasteiger partial charge in [-0.05, 0) is 55.3 Å². The number of rotatable bonds is 5. The van der Waals surface area contributed by atoms with Crippen molar-refractivity contribution >= 4 is 33.3 Å². The van der Waals surface area contributed by atoms with Gasteiger partial charge in [-0.25, -0.2) is 21.9 Å². The molecular weight excluding hydrogens is 507 g/mol. The fraction of sp³-hybridized carbons (Fsp3) is 0.286. The maximum atomic E-state index is 14.5. The van der Waals surface area contributed by atoms with Crippen LogP contribution in [0.3, 0.4) is 0 Å². The zero-order valence-electron chi connectivity index (χ0n) is 21.2. The molecule has 1 atom stereocenters. The van der Waals surface area contributed by atoms with E-state index in [9.17, 15) is 22.4 Å². The van der Waals surface area contributed by atoms with Gasteiger partial charge in [0.2, 0.25) is 5.91 Å². The molecule has 0 bridgehead atoms. The van der Waals surface area contributed by atoms with E-state index >= 15 is 0 Å². The van der Waals surface area contributed by atoms with Crippen LogP contribution in [0, 0.1) is 19.7 Å². The minimum atomic E-state index is -4.52. The number of amides is 3. The first-order valence-corrected chi connectivity index (χ1v) is 13.9. The topological polar surface area (TPSA) is 81.2 Å². The van der Waals surface area contributed by atoms with Crippen LogP contribution < -0.4 is 9.80 Å². The first-order chi connectivity index (χ1) is 18.2. The summed E-state index contributed by atoms with van der Waals surface area (Å²) in [6, 6.07) is 17.7. The van der Waals surface area contributed by atoms with Crippen LogP contribution in [-0.2, 0) is 14.8 Å². The van der Waals surface area contributed by atoms with Crippen LogP contribution in [0.1, 0.15) is 11.1 Å². The van der Waals surface area contributed by atoms with E-state index in [0.717, 1.165) is 28.9 Å². The van der Waals surface area contributed by atoms with Crippen LogP contribution in [0.25, 0.3) is 0 Å². The second-order valence-electron chi connectivity index (χ2n) is 9.57. The zero-order valence-corrected chi connectivity index (χ0v) is 22.1. The summed E-state index contributed by atoms with van der Waals surface area (Å²) < 4.78 is 41.8. The molecule has 2 fully saturated rings. The Morgan fingerprint density at radius 2 is 1.55 bits per heavy atom. The second-order valence-corrected chi connectivity index (χ2v) is 11.4. The third-order valence-electron chi connectivity index (χ3n) is 7.09. The standard InChI is InChI=1S/C28H29FN4O4S/c1-20-12-13-21(2)24(18-20)30-14-16-31(17-15-30)27(34)25-19-32(28(35)33(25)22-8-4-3-5-9-22)38(36,37)26-11-7-6-10-23(26)29/h3-13,18,25H,14-17,19H2,1-2H3/t25-/m0/s1. The smallest absolute Gasteiger partial charge is 0.339 e. The molecule has 0 radical (unpaired) electrons. The summed E-state index contributed by atoms with van der Waals surface area (Å²) in [5, 5.41) is 0. The molecule has 3 aromatic rings. The van der Waals surface area contributed by atoms with E-state index in [-0.39, 0.29) is 5.91 Å². The first-order valence-electron chi connectivity index (χ1n) is 12.4. The lowest BCUT2D eigenvalue weighted by atomic mass is 10.1. The number of urea groups is 1. The highest BCUT2D eigenvalue weighted by Gasteiger charge is 2.49. The van der Waals surface area contributed by atoms with Crippen molar-refractivity contribution in [1.29, 1.82) is 0 Å². The molecular formula is C28H29FN4O4S. The van der Waals surface area contributed by atoms with E-state index in [0.29, 0.717) is 36.2 Å². The van der Waals surface area contributed by atoms with Crippen LogP contribution in [-0.4, -0.2) is 68.3 Å². The quantitative estimate of drug-likeness (QED) is 0.496. The molecule has 0 spiro atoms. The molecule has 3 aromatic carbocycles. The average molecular weight is 537 g/mol. The number of carbonyl (C=O) groups excluding carboxylic acids is 2. The number of hydrogen-bond acceptors (Lipinski definition) is 5. The van der Waals surface area contributed by atoms with Gasteiger partial charge in [0.1, 0.15) is 16.8 Å². The largest absolute Gasteiger partial charge is 0.368 e. The molecule has 0 aromatic heterocycles. The summed E-state index contributed by atoms with van der Waals surface area (Å²) in [6.07, 6.45) is 0. The summed E-state index contributed by atoms with van der Waals surface area (Å²) in [5.41, 5.74) is 3.83. The third-order valence-corrected chi connectivity index (χ3v) is 8.86. The Balaban J connectivity index is 1.41. The highest BCUT2D eigenvalue weighted by molar-refractivity contribution is 7.89. The maximum absolute atomic E-state index is 14.5. The predicted octanol–water partition coefficient (Wildman–Crippen LogP) is 3.79. The van der Waals surface area contributed by atoms with E-state index in [1.807, 2.05) is 6.92 Å². The number of nitrogens with zero attached hydrogens (tertiary/aromatic N) is 4. The number of hydrogen-bond donors (Lipinski definition) is 0. The first kappa shape index (κ1) is 25.7. The Labute approximate surface area is 221 Å². The second kappa shape index (κ2) is 10.1. The van der Waals surface area contributed by atoms with Crippen LogP contribution in [0.5, 0.6) is 0 Å². The lowest BCUT2D eigenvalue weighted by molar-refractivity contribution is -0.132. The number of piperazine rings is 1. The molecule has 0 saturated carbocycles. The fourth-order valence-corrected chi connectivity index (χ4v) is 6.48. The van der Waals surface area contributed by atoms with Crippen molar-refractivity contribution < 1.29 is 22.4 Å². The number of aryl methyl sites for hydroxylation is 2. The predicted molar refractivity (Wildman–Crippen MR) is 143 cm³/mol. The van der Waals surface area contributed by atoms with Gasteiger partial charge in [-0.2, -0.15) is 0 Å². The van der Waals surface area contributed by atoms with Gasteiger partial charge < -0.3 is 9.80 Å². The van der Waals surface area contributed by atoms with Crippen LogP contribution in [0.4, 0.5) is 20.6 Å². The number of benzene rings is 3. The Kier molecular flexibility index (Phi) is 6.83. The molecule has 0 N–H and O–H groups in total. The number of halogens is 1. The molecule has 2 aliphatic heterocycles. The molecule has 2 saturated heterocycles. The van der Waals surface area contributed by atoms with Crippen molar-refractivity contribution in [1.82, 2.24) is 9.21 Å². The Bertz CT molecular complexity index is 1470. The van der Waals surface area contributed by atoms with Crippen LogP contribution in [0.15, 0.2) is 77.7 Å². The zero-order chi connectivity index (χ0) is 27.0. The van der Waals surface area contributed by atoms with Gasteiger partial charge in [0.25, 0.3) is 10.0 Å². The lowest BCUT2D eigenvalue weighted by Gasteiger charge is -2.38. The highest BCUT2D eigenvalue weighted by Crippen LogP contribution is 2.31. The van der Waals surface area contributed by atoms with Gasteiger partial charge in [0.05, 0.1) is 6.54 Å². The van der Waals surface area contributed by atoms with Crippen molar-refractivity contribution in [3.63, 3.8) is 0 Å². The van der Waals surface area contributed by atoms with E-state index in [4.69, 9.17) is 0 Å². The summed E-state index contributed by atoms with van der Waals surface area (Å²) in [6.45, 7) is 5.77. The van der Waals surface area contributed by atoms with Gasteiger partial charge in [-0.1, -0.05) is 42.5 Å². The number of sulfonamides is 1. The molecule has 5 rings (SSSR count). The highest BCUT2D eigenvalue weighted by atomic mass is 32.2. The molecule has 0 aliphatic carbocycles. The minimum absolute atomic E-state index is 0.339. The molecule has 198 valence electrons. The van der Waals surface area contributed by atoms with Crippen LogP contribution in [0.2, 0.25) is 0 Å². The monoisotopic (exact) mass is 536 g/mol. The van der Waals surface area contributed by atoms with Gasteiger partial charge in [-0.3, -0.25) is 9.69 Å². The average Bonchev–Trinajstić information content (AvgIpc) is 3.28. The molecule has 2 aliphatic rings.